The van der Waals surface area contributed by atoms with Crippen LogP contribution in [0.1, 0.15) is 16.8 Å². The van der Waals surface area contributed by atoms with Crippen molar-refractivity contribution in [2.75, 3.05) is 12.8 Å². The number of fused-ring (bicyclic) bond motifs is 2. The number of H-pyrrole nitrogens is 1. The highest BCUT2D eigenvalue weighted by atomic mass is 32.2. The zero-order valence-corrected chi connectivity index (χ0v) is 14.9. The van der Waals surface area contributed by atoms with Crippen LogP contribution in [0.3, 0.4) is 0 Å². The van der Waals surface area contributed by atoms with Gasteiger partial charge in [0.2, 0.25) is 0 Å². The fourth-order valence-corrected chi connectivity index (χ4v) is 3.58. The number of benzene rings is 1. The molecule has 134 valence electrons. The van der Waals surface area contributed by atoms with Crippen LogP contribution < -0.4 is 11.0 Å². The highest BCUT2D eigenvalue weighted by molar-refractivity contribution is 7.98. The summed E-state index contributed by atoms with van der Waals surface area (Å²) in [7, 11) is 0. The molecule has 0 amide bonds. The van der Waals surface area contributed by atoms with Crippen molar-refractivity contribution in [3.05, 3.63) is 67.7 Å². The van der Waals surface area contributed by atoms with Gasteiger partial charge in [0.25, 0.3) is 5.56 Å². The first-order chi connectivity index (χ1) is 12.5. The molecule has 0 saturated heterocycles. The summed E-state index contributed by atoms with van der Waals surface area (Å²) in [6.07, 6.45) is 3.92. The molecule has 0 fully saturated rings. The molecule has 1 aromatic carbocycles. The van der Waals surface area contributed by atoms with Crippen LogP contribution in [-0.4, -0.2) is 27.7 Å². The predicted molar refractivity (Wildman–Crippen MR) is 96.9 cm³/mol. The largest absolute Gasteiger partial charge is 0.464 e. The fraction of sp³-hybridized carbons (Fsp3) is 0.278. The van der Waals surface area contributed by atoms with E-state index in [1.807, 2.05) is 11.2 Å². The smallest absolute Gasteiger partial charge is 0.256 e. The second-order valence-electron chi connectivity index (χ2n) is 6.19. The minimum atomic E-state index is -0.476. The van der Waals surface area contributed by atoms with Gasteiger partial charge in [0.1, 0.15) is 11.4 Å². The van der Waals surface area contributed by atoms with Crippen molar-refractivity contribution in [3.8, 4) is 0 Å². The van der Waals surface area contributed by atoms with Crippen LogP contribution in [0.2, 0.25) is 0 Å². The number of hydrogen-bond acceptors (Lipinski definition) is 6. The van der Waals surface area contributed by atoms with Gasteiger partial charge in [0.05, 0.1) is 22.9 Å². The summed E-state index contributed by atoms with van der Waals surface area (Å²) in [6, 6.07) is 3.89. The molecule has 1 aliphatic rings. The third kappa shape index (κ3) is 3.06. The van der Waals surface area contributed by atoms with Crippen molar-refractivity contribution in [1.82, 2.24) is 14.9 Å². The first kappa shape index (κ1) is 17.0. The van der Waals surface area contributed by atoms with Gasteiger partial charge in [-0.1, -0.05) is 11.8 Å². The molecule has 26 heavy (non-hydrogen) atoms. The molecule has 3 heterocycles. The number of rotatable bonds is 3. The van der Waals surface area contributed by atoms with E-state index in [0.717, 1.165) is 5.69 Å². The summed E-state index contributed by atoms with van der Waals surface area (Å²) >= 11 is 1.40. The molecule has 1 N–H and O–H groups in total. The molecule has 0 atom stereocenters. The van der Waals surface area contributed by atoms with Crippen LogP contribution in [0.4, 0.5) is 4.39 Å². The molecular formula is C18H16FN3O3S. The molecule has 8 heteroatoms. The molecule has 1 aliphatic heterocycles. The Labute approximate surface area is 152 Å². The Bertz CT molecular complexity index is 1110. The van der Waals surface area contributed by atoms with Crippen LogP contribution in [-0.2, 0) is 19.5 Å². The Morgan fingerprint density at radius 2 is 2.23 bits per heavy atom. The van der Waals surface area contributed by atoms with Crippen molar-refractivity contribution in [2.45, 2.75) is 24.7 Å². The van der Waals surface area contributed by atoms with E-state index in [1.165, 1.54) is 36.2 Å². The van der Waals surface area contributed by atoms with Crippen LogP contribution in [0.5, 0.6) is 0 Å². The lowest BCUT2D eigenvalue weighted by molar-refractivity contribution is 0.238. The van der Waals surface area contributed by atoms with Gasteiger partial charge in [-0.3, -0.25) is 14.5 Å². The van der Waals surface area contributed by atoms with E-state index in [0.29, 0.717) is 47.9 Å². The molecule has 0 aliphatic carbocycles. The number of nitrogens with zero attached hydrogens (tertiary/aromatic N) is 2. The van der Waals surface area contributed by atoms with Crippen molar-refractivity contribution in [2.24, 2.45) is 0 Å². The van der Waals surface area contributed by atoms with E-state index < -0.39 is 5.82 Å². The number of nitrogens with one attached hydrogen (secondary N) is 1. The Balaban J connectivity index is 1.63. The van der Waals surface area contributed by atoms with E-state index in [1.54, 1.807) is 0 Å². The number of halogens is 1. The van der Waals surface area contributed by atoms with Crippen molar-refractivity contribution in [3.63, 3.8) is 0 Å². The summed E-state index contributed by atoms with van der Waals surface area (Å²) in [4.78, 5) is 34.1. The van der Waals surface area contributed by atoms with Crippen molar-refractivity contribution < 1.29 is 8.81 Å². The highest BCUT2D eigenvalue weighted by Gasteiger charge is 2.22. The zero-order valence-electron chi connectivity index (χ0n) is 14.0. The highest BCUT2D eigenvalue weighted by Crippen LogP contribution is 2.19. The number of thioether (sulfide) groups is 1. The summed E-state index contributed by atoms with van der Waals surface area (Å²) in [5.74, 6) is -0.476. The Kier molecular flexibility index (Phi) is 4.37. The van der Waals surface area contributed by atoms with Crippen LogP contribution in [0.15, 0.2) is 43.6 Å². The summed E-state index contributed by atoms with van der Waals surface area (Å²) in [5, 5.41) is 0.837. The van der Waals surface area contributed by atoms with Gasteiger partial charge in [-0.25, -0.2) is 9.37 Å². The van der Waals surface area contributed by atoms with E-state index in [4.69, 9.17) is 4.42 Å². The SMILES string of the molecule is CSc1nc2c(c(=O)[nH]1)CN(Cc1coc3ccc(F)cc3c1=O)CC2. The first-order valence-electron chi connectivity index (χ1n) is 8.13. The van der Waals surface area contributed by atoms with E-state index in [-0.39, 0.29) is 16.4 Å². The molecule has 0 radical (unpaired) electrons. The van der Waals surface area contributed by atoms with Gasteiger partial charge in [0, 0.05) is 31.6 Å². The van der Waals surface area contributed by atoms with E-state index >= 15 is 0 Å². The van der Waals surface area contributed by atoms with E-state index in [2.05, 4.69) is 9.97 Å². The molecule has 4 rings (SSSR count). The molecular weight excluding hydrogens is 357 g/mol. The fourth-order valence-electron chi connectivity index (χ4n) is 3.18. The Morgan fingerprint density at radius 3 is 3.04 bits per heavy atom. The van der Waals surface area contributed by atoms with Crippen LogP contribution in [0, 0.1) is 5.82 Å². The monoisotopic (exact) mass is 373 g/mol. The predicted octanol–water partition coefficient (Wildman–Crippen LogP) is 2.30. The van der Waals surface area contributed by atoms with Crippen LogP contribution >= 0.6 is 11.8 Å². The lowest BCUT2D eigenvalue weighted by Gasteiger charge is -2.27. The summed E-state index contributed by atoms with van der Waals surface area (Å²) in [5.41, 5.74) is 1.84. The lowest BCUT2D eigenvalue weighted by Crippen LogP contribution is -2.36. The van der Waals surface area contributed by atoms with Crippen molar-refractivity contribution in [1.29, 1.82) is 0 Å². The number of aromatic nitrogens is 2. The molecule has 2 aromatic heterocycles. The van der Waals surface area contributed by atoms with Gasteiger partial charge in [-0.05, 0) is 24.5 Å². The maximum absolute atomic E-state index is 13.4. The molecule has 0 bridgehead atoms. The third-order valence-electron chi connectivity index (χ3n) is 4.52. The zero-order chi connectivity index (χ0) is 18.3. The molecule has 0 saturated carbocycles. The number of aromatic amines is 1. The quantitative estimate of drug-likeness (QED) is 0.561. The van der Waals surface area contributed by atoms with Gasteiger partial charge in [-0.15, -0.1) is 0 Å². The van der Waals surface area contributed by atoms with Crippen molar-refractivity contribution >= 4 is 22.7 Å². The molecule has 0 unspecified atom stereocenters. The maximum atomic E-state index is 13.4. The topological polar surface area (TPSA) is 79.2 Å². The lowest BCUT2D eigenvalue weighted by atomic mass is 10.1. The van der Waals surface area contributed by atoms with Gasteiger partial charge < -0.3 is 9.40 Å². The second kappa shape index (κ2) is 6.69. The minimum absolute atomic E-state index is 0.142. The molecule has 3 aromatic rings. The third-order valence-corrected chi connectivity index (χ3v) is 5.10. The average molecular weight is 373 g/mol. The first-order valence-corrected chi connectivity index (χ1v) is 9.36. The summed E-state index contributed by atoms with van der Waals surface area (Å²) in [6.45, 7) is 1.42. The average Bonchev–Trinajstić information content (AvgIpc) is 2.64. The standard InChI is InChI=1S/C18H16FN3O3S/c1-26-18-20-14-4-5-22(8-13(14)17(24)21-18)7-10-9-25-15-3-2-11(19)6-12(15)16(10)23/h2-3,6,9H,4-5,7-8H2,1H3,(H,20,21,24). The van der Waals surface area contributed by atoms with Crippen LogP contribution in [0.25, 0.3) is 11.0 Å². The Hall–Kier alpha value is -2.45. The van der Waals surface area contributed by atoms with Gasteiger partial charge in [-0.2, -0.15) is 0 Å². The molecule has 0 spiro atoms. The summed E-state index contributed by atoms with van der Waals surface area (Å²) < 4.78 is 18.9. The Morgan fingerprint density at radius 1 is 1.38 bits per heavy atom. The second-order valence-corrected chi connectivity index (χ2v) is 6.99. The van der Waals surface area contributed by atoms with E-state index in [9.17, 15) is 14.0 Å². The normalized spacial score (nSPS) is 14.5. The minimum Gasteiger partial charge on any atom is -0.464 e. The molecule has 6 nitrogen and oxygen atoms in total. The van der Waals surface area contributed by atoms with Gasteiger partial charge in [0.15, 0.2) is 10.6 Å². The number of hydrogen-bond donors (Lipinski definition) is 1. The maximum Gasteiger partial charge on any atom is 0.256 e. The van der Waals surface area contributed by atoms with Gasteiger partial charge >= 0.3 is 0 Å².